The van der Waals surface area contributed by atoms with E-state index in [0.717, 1.165) is 12.5 Å². The third-order valence-electron chi connectivity index (χ3n) is 1.10. The first-order valence-corrected chi connectivity index (χ1v) is 5.01. The van der Waals surface area contributed by atoms with E-state index in [1.165, 1.54) is 0 Å². The maximum Gasteiger partial charge on any atom is 0.273 e. The first kappa shape index (κ1) is 9.52. The number of anilines is 1. The summed E-state index contributed by atoms with van der Waals surface area (Å²) in [4.78, 5) is 10.6. The molecule has 0 fully saturated rings. The second-order valence-corrected chi connectivity index (χ2v) is 4.06. The molecule has 0 saturated heterocycles. The summed E-state index contributed by atoms with van der Waals surface area (Å²) in [6.07, 6.45) is 1.92. The molecule has 0 aliphatic rings. The van der Waals surface area contributed by atoms with Gasteiger partial charge in [0.2, 0.25) is 10.0 Å². The molecule has 0 spiro atoms. The van der Waals surface area contributed by atoms with Crippen molar-refractivity contribution in [2.24, 2.45) is 5.73 Å². The summed E-state index contributed by atoms with van der Waals surface area (Å²) in [6, 6.07) is 0. The number of carbonyl (C=O) groups is 1. The molecule has 1 aromatic rings. The monoisotopic (exact) mass is 205 g/mol. The summed E-state index contributed by atoms with van der Waals surface area (Å²) < 4.78 is 27.9. The minimum absolute atomic E-state index is 0.0602. The number of amides is 1. The zero-order valence-electron chi connectivity index (χ0n) is 6.64. The van der Waals surface area contributed by atoms with Crippen LogP contribution < -0.4 is 10.5 Å². The summed E-state index contributed by atoms with van der Waals surface area (Å²) in [5.41, 5.74) is 4.58. The van der Waals surface area contributed by atoms with Gasteiger partial charge < -0.3 is 10.3 Å². The van der Waals surface area contributed by atoms with Crippen molar-refractivity contribution in [3.05, 3.63) is 12.0 Å². The van der Waals surface area contributed by atoms with Crippen molar-refractivity contribution >= 4 is 21.6 Å². The molecule has 0 saturated carbocycles. The van der Waals surface area contributed by atoms with Crippen LogP contribution in [0.4, 0.5) is 5.69 Å². The predicted octanol–water partition coefficient (Wildman–Crippen LogP) is -0.855. The van der Waals surface area contributed by atoms with Crippen molar-refractivity contribution < 1.29 is 17.7 Å². The Morgan fingerprint density at radius 2 is 2.31 bits per heavy atom. The number of nitrogens with two attached hydrogens (primary N) is 1. The molecule has 0 aliphatic heterocycles. The molecule has 0 aromatic carbocycles. The van der Waals surface area contributed by atoms with Crippen molar-refractivity contribution in [2.45, 2.75) is 0 Å². The third-order valence-corrected chi connectivity index (χ3v) is 1.69. The van der Waals surface area contributed by atoms with Gasteiger partial charge in [0.15, 0.2) is 5.69 Å². The van der Waals surface area contributed by atoms with Crippen molar-refractivity contribution in [1.82, 2.24) is 5.16 Å². The van der Waals surface area contributed by atoms with Crippen molar-refractivity contribution in [2.75, 3.05) is 11.0 Å². The molecule has 0 bridgehead atoms. The van der Waals surface area contributed by atoms with Gasteiger partial charge >= 0.3 is 0 Å². The number of sulfonamides is 1. The Kier molecular flexibility index (Phi) is 2.24. The Morgan fingerprint density at radius 3 is 2.77 bits per heavy atom. The fourth-order valence-electron chi connectivity index (χ4n) is 0.687. The highest BCUT2D eigenvalue weighted by molar-refractivity contribution is 7.92. The van der Waals surface area contributed by atoms with Gasteiger partial charge in [-0.2, -0.15) is 0 Å². The Hall–Kier alpha value is -1.57. The van der Waals surface area contributed by atoms with Gasteiger partial charge in [-0.1, -0.05) is 5.16 Å². The smallest absolute Gasteiger partial charge is 0.273 e. The van der Waals surface area contributed by atoms with E-state index in [-0.39, 0.29) is 11.4 Å². The topological polar surface area (TPSA) is 115 Å². The highest BCUT2D eigenvalue weighted by Crippen LogP contribution is 2.13. The summed E-state index contributed by atoms with van der Waals surface area (Å²) >= 11 is 0. The Balaban J connectivity index is 3.02. The lowest BCUT2D eigenvalue weighted by Crippen LogP contribution is -2.16. The fraction of sp³-hybridized carbons (Fsp3) is 0.200. The lowest BCUT2D eigenvalue weighted by Gasteiger charge is -1.98. The van der Waals surface area contributed by atoms with Crippen LogP contribution in [0.5, 0.6) is 0 Å². The SMILES string of the molecule is CS(=O)(=O)Nc1conc1C(N)=O. The number of nitrogens with one attached hydrogen (secondary N) is 1. The largest absolute Gasteiger partial charge is 0.364 e. The molecular formula is C5H7N3O4S. The Labute approximate surface area is 73.9 Å². The van der Waals surface area contributed by atoms with Crippen LogP contribution in [0.3, 0.4) is 0 Å². The van der Waals surface area contributed by atoms with Crippen LogP contribution in [0.15, 0.2) is 10.8 Å². The summed E-state index contributed by atoms with van der Waals surface area (Å²) in [5, 5.41) is 3.22. The molecule has 7 nitrogen and oxygen atoms in total. The standard InChI is InChI=1S/C5H7N3O4S/c1-13(10,11)8-3-2-12-7-4(3)5(6)9/h2,8H,1H3,(H2,6,9). The van der Waals surface area contributed by atoms with Gasteiger partial charge in [-0.25, -0.2) is 8.42 Å². The highest BCUT2D eigenvalue weighted by Gasteiger charge is 2.15. The van der Waals surface area contributed by atoms with Gasteiger partial charge in [-0.3, -0.25) is 9.52 Å². The number of carbonyl (C=O) groups excluding carboxylic acids is 1. The van der Waals surface area contributed by atoms with E-state index in [9.17, 15) is 13.2 Å². The molecule has 0 radical (unpaired) electrons. The molecule has 3 N–H and O–H groups in total. The van der Waals surface area contributed by atoms with Gasteiger partial charge in [0.05, 0.1) is 6.26 Å². The fourth-order valence-corrected chi connectivity index (χ4v) is 1.23. The average molecular weight is 205 g/mol. The maximum atomic E-state index is 10.7. The number of primary amides is 1. The Morgan fingerprint density at radius 1 is 1.69 bits per heavy atom. The van der Waals surface area contributed by atoms with E-state index in [4.69, 9.17) is 5.73 Å². The molecule has 0 unspecified atom stereocenters. The second kappa shape index (κ2) is 3.05. The minimum Gasteiger partial charge on any atom is -0.364 e. The van der Waals surface area contributed by atoms with Gasteiger partial charge in [0.25, 0.3) is 5.91 Å². The molecule has 13 heavy (non-hydrogen) atoms. The summed E-state index contributed by atoms with van der Waals surface area (Å²) in [5.74, 6) is -0.861. The van der Waals surface area contributed by atoms with E-state index in [1.54, 1.807) is 0 Å². The van der Waals surface area contributed by atoms with Gasteiger partial charge in [0.1, 0.15) is 12.0 Å². The van der Waals surface area contributed by atoms with Crippen molar-refractivity contribution in [3.8, 4) is 0 Å². The van der Waals surface area contributed by atoms with Crippen LogP contribution in [0.1, 0.15) is 10.5 Å². The number of rotatable bonds is 3. The first-order valence-electron chi connectivity index (χ1n) is 3.12. The van der Waals surface area contributed by atoms with E-state index in [2.05, 4.69) is 9.68 Å². The molecule has 1 rings (SSSR count). The maximum absolute atomic E-state index is 10.7. The number of hydrogen-bond acceptors (Lipinski definition) is 5. The van der Waals surface area contributed by atoms with Crippen molar-refractivity contribution in [1.29, 1.82) is 0 Å². The number of nitrogens with zero attached hydrogens (tertiary/aromatic N) is 1. The molecule has 0 aliphatic carbocycles. The molecule has 8 heteroatoms. The molecule has 0 atom stereocenters. The molecule has 72 valence electrons. The first-order chi connectivity index (χ1) is 5.90. The van der Waals surface area contributed by atoms with Crippen LogP contribution >= 0.6 is 0 Å². The quantitative estimate of drug-likeness (QED) is 0.666. The minimum atomic E-state index is -3.46. The third kappa shape index (κ3) is 2.44. The van der Waals surface area contributed by atoms with Crippen LogP contribution in [0.25, 0.3) is 0 Å². The van der Waals surface area contributed by atoms with E-state index >= 15 is 0 Å². The molecular weight excluding hydrogens is 198 g/mol. The van der Waals surface area contributed by atoms with Crippen LogP contribution in [0.2, 0.25) is 0 Å². The zero-order chi connectivity index (χ0) is 10.1. The van der Waals surface area contributed by atoms with Crippen molar-refractivity contribution in [3.63, 3.8) is 0 Å². The van der Waals surface area contributed by atoms with Gasteiger partial charge in [-0.15, -0.1) is 0 Å². The van der Waals surface area contributed by atoms with E-state index < -0.39 is 15.9 Å². The number of aromatic nitrogens is 1. The molecule has 1 heterocycles. The van der Waals surface area contributed by atoms with E-state index in [1.807, 2.05) is 4.72 Å². The lowest BCUT2D eigenvalue weighted by atomic mass is 10.4. The second-order valence-electron chi connectivity index (χ2n) is 2.32. The van der Waals surface area contributed by atoms with Crippen LogP contribution in [0, 0.1) is 0 Å². The average Bonchev–Trinajstić information content (AvgIpc) is 2.31. The van der Waals surface area contributed by atoms with Gasteiger partial charge in [-0.05, 0) is 0 Å². The van der Waals surface area contributed by atoms with Gasteiger partial charge in [0, 0.05) is 0 Å². The predicted molar refractivity (Wildman–Crippen MR) is 43.5 cm³/mol. The van der Waals surface area contributed by atoms with Crippen LogP contribution in [-0.4, -0.2) is 25.7 Å². The summed E-state index contributed by atoms with van der Waals surface area (Å²) in [7, 11) is -3.46. The number of hydrogen-bond donors (Lipinski definition) is 2. The normalized spacial score (nSPS) is 11.2. The molecule has 1 aromatic heterocycles. The lowest BCUT2D eigenvalue weighted by molar-refractivity contribution is 0.0992. The summed E-state index contributed by atoms with van der Waals surface area (Å²) in [6.45, 7) is 0. The Bertz CT molecular complexity index is 421. The molecule has 1 amide bonds. The van der Waals surface area contributed by atoms with E-state index in [0.29, 0.717) is 0 Å². The zero-order valence-corrected chi connectivity index (χ0v) is 7.46. The van der Waals surface area contributed by atoms with Crippen LogP contribution in [-0.2, 0) is 10.0 Å². The highest BCUT2D eigenvalue weighted by atomic mass is 32.2.